The van der Waals surface area contributed by atoms with Gasteiger partial charge in [-0.15, -0.1) is 0 Å². The predicted octanol–water partition coefficient (Wildman–Crippen LogP) is 8.53. The Morgan fingerprint density at radius 3 is 1.71 bits per heavy atom. The van der Waals surface area contributed by atoms with Crippen LogP contribution in [0.1, 0.15) is 145 Å². The Hall–Kier alpha value is -0.0800. The number of rotatable bonds is 16. The third-order valence-electron chi connectivity index (χ3n) is 8.72. The number of unbranched alkanes of at least 4 members (excludes halogenated alkanes) is 3. The van der Waals surface area contributed by atoms with Gasteiger partial charge in [0.25, 0.3) is 0 Å². The first-order valence-electron chi connectivity index (χ1n) is 13.9. The van der Waals surface area contributed by atoms with E-state index in [1.54, 1.807) is 0 Å². The highest BCUT2D eigenvalue weighted by Gasteiger charge is 2.51. The highest BCUT2D eigenvalue weighted by Crippen LogP contribution is 2.50. The normalized spacial score (nSPS) is 28.9. The molecule has 0 aromatic carbocycles. The van der Waals surface area contributed by atoms with Crippen LogP contribution in [0.3, 0.4) is 0 Å². The van der Waals surface area contributed by atoms with Crippen molar-refractivity contribution in [2.45, 2.75) is 156 Å². The summed E-state index contributed by atoms with van der Waals surface area (Å²) in [6.45, 7) is 15.9. The Kier molecular flexibility index (Phi) is 13.3. The lowest BCUT2D eigenvalue weighted by Crippen LogP contribution is -2.55. The van der Waals surface area contributed by atoms with Crippen LogP contribution in [0.5, 0.6) is 0 Å². The molecular formula is C29H58O2. The molecule has 1 aliphatic rings. The van der Waals surface area contributed by atoms with E-state index in [0.717, 1.165) is 37.5 Å². The lowest BCUT2D eigenvalue weighted by Gasteiger charge is -2.52. The van der Waals surface area contributed by atoms with Crippen LogP contribution in [-0.2, 0) is 0 Å². The molecule has 0 heterocycles. The van der Waals surface area contributed by atoms with Gasteiger partial charge in [0, 0.05) is 0 Å². The van der Waals surface area contributed by atoms with Gasteiger partial charge >= 0.3 is 0 Å². The van der Waals surface area contributed by atoms with Crippen molar-refractivity contribution < 1.29 is 10.2 Å². The summed E-state index contributed by atoms with van der Waals surface area (Å²) in [4.78, 5) is 0. The summed E-state index contributed by atoms with van der Waals surface area (Å²) in [6, 6.07) is 0. The molecule has 1 saturated carbocycles. The minimum absolute atomic E-state index is 0.174. The molecule has 0 amide bonds. The maximum atomic E-state index is 11.5. The summed E-state index contributed by atoms with van der Waals surface area (Å²) in [7, 11) is 0. The molecule has 0 aromatic heterocycles. The Balaban J connectivity index is 2.17. The van der Waals surface area contributed by atoms with E-state index in [0.29, 0.717) is 5.92 Å². The van der Waals surface area contributed by atoms with Crippen LogP contribution in [0.4, 0.5) is 0 Å². The van der Waals surface area contributed by atoms with Gasteiger partial charge in [-0.1, -0.05) is 119 Å². The number of aliphatic hydroxyl groups is 2. The smallest absolute Gasteiger partial charge is 0.0725 e. The Labute approximate surface area is 196 Å². The molecule has 1 aliphatic carbocycles. The first-order chi connectivity index (χ1) is 14.5. The summed E-state index contributed by atoms with van der Waals surface area (Å²) in [5.41, 5.74) is -0.840. The summed E-state index contributed by atoms with van der Waals surface area (Å²) in [6.07, 6.45) is 18.4. The highest BCUT2D eigenvalue weighted by molar-refractivity contribution is 5.02. The molecule has 0 aromatic rings. The van der Waals surface area contributed by atoms with Crippen molar-refractivity contribution in [2.24, 2.45) is 29.1 Å². The van der Waals surface area contributed by atoms with E-state index in [1.165, 1.54) is 70.6 Å². The van der Waals surface area contributed by atoms with E-state index < -0.39 is 5.60 Å². The van der Waals surface area contributed by atoms with Gasteiger partial charge in [0.05, 0.1) is 11.7 Å². The van der Waals surface area contributed by atoms with Crippen molar-refractivity contribution >= 4 is 0 Å². The molecule has 6 atom stereocenters. The van der Waals surface area contributed by atoms with Gasteiger partial charge < -0.3 is 10.2 Å². The third-order valence-corrected chi connectivity index (χ3v) is 8.72. The maximum Gasteiger partial charge on any atom is 0.0725 e. The summed E-state index contributed by atoms with van der Waals surface area (Å²) in [5.74, 6) is 2.62. The van der Waals surface area contributed by atoms with Crippen molar-refractivity contribution in [3.8, 4) is 0 Å². The molecule has 0 bridgehead atoms. The minimum Gasteiger partial charge on any atom is -0.393 e. The van der Waals surface area contributed by atoms with E-state index >= 15 is 0 Å². The van der Waals surface area contributed by atoms with Gasteiger partial charge in [0.1, 0.15) is 0 Å². The van der Waals surface area contributed by atoms with Gasteiger partial charge in [0.15, 0.2) is 0 Å². The van der Waals surface area contributed by atoms with Crippen LogP contribution in [-0.4, -0.2) is 21.9 Å². The molecule has 2 N–H and O–H groups in total. The maximum absolute atomic E-state index is 11.5. The van der Waals surface area contributed by atoms with Crippen molar-refractivity contribution in [1.29, 1.82) is 0 Å². The molecule has 1 rings (SSSR count). The molecule has 0 aliphatic heterocycles. The van der Waals surface area contributed by atoms with Gasteiger partial charge in [-0.2, -0.15) is 0 Å². The third kappa shape index (κ3) is 10.2. The van der Waals surface area contributed by atoms with E-state index in [2.05, 4.69) is 48.5 Å². The van der Waals surface area contributed by atoms with Crippen molar-refractivity contribution in [2.75, 3.05) is 0 Å². The fourth-order valence-corrected chi connectivity index (χ4v) is 6.15. The molecule has 6 unspecified atom stereocenters. The largest absolute Gasteiger partial charge is 0.393 e. The van der Waals surface area contributed by atoms with Crippen molar-refractivity contribution in [1.82, 2.24) is 0 Å². The first kappa shape index (κ1) is 29.0. The van der Waals surface area contributed by atoms with Gasteiger partial charge in [-0.3, -0.25) is 0 Å². The molecule has 31 heavy (non-hydrogen) atoms. The van der Waals surface area contributed by atoms with Crippen LogP contribution < -0.4 is 0 Å². The van der Waals surface area contributed by atoms with Gasteiger partial charge in [-0.05, 0) is 54.8 Å². The zero-order chi connectivity index (χ0) is 23.5. The Morgan fingerprint density at radius 1 is 0.774 bits per heavy atom. The molecule has 1 fully saturated rings. The van der Waals surface area contributed by atoms with Crippen LogP contribution >= 0.6 is 0 Å². The second-order valence-corrected chi connectivity index (χ2v) is 12.4. The van der Waals surface area contributed by atoms with Crippen LogP contribution in [0.2, 0.25) is 0 Å². The van der Waals surface area contributed by atoms with E-state index in [4.69, 9.17) is 0 Å². The summed E-state index contributed by atoms with van der Waals surface area (Å²) in [5, 5.41) is 21.6. The lowest BCUT2D eigenvalue weighted by molar-refractivity contribution is -0.166. The fourth-order valence-electron chi connectivity index (χ4n) is 6.15. The molecule has 186 valence electrons. The average molecular weight is 439 g/mol. The predicted molar refractivity (Wildman–Crippen MR) is 136 cm³/mol. The zero-order valence-electron chi connectivity index (χ0n) is 22.4. The van der Waals surface area contributed by atoms with Crippen LogP contribution in [0.25, 0.3) is 0 Å². The molecule has 0 radical (unpaired) electrons. The molecule has 0 spiro atoms. The topological polar surface area (TPSA) is 40.5 Å². The number of hydrogen-bond donors (Lipinski definition) is 2. The van der Waals surface area contributed by atoms with Gasteiger partial charge in [-0.25, -0.2) is 0 Å². The monoisotopic (exact) mass is 438 g/mol. The summed E-state index contributed by atoms with van der Waals surface area (Å²) >= 11 is 0. The zero-order valence-corrected chi connectivity index (χ0v) is 22.4. The van der Waals surface area contributed by atoms with Crippen molar-refractivity contribution in [3.05, 3.63) is 0 Å². The lowest BCUT2D eigenvalue weighted by atomic mass is 9.58. The Morgan fingerprint density at radius 2 is 1.23 bits per heavy atom. The Bertz CT molecular complexity index is 460. The van der Waals surface area contributed by atoms with Crippen LogP contribution in [0.15, 0.2) is 0 Å². The molecule has 2 nitrogen and oxygen atoms in total. The van der Waals surface area contributed by atoms with Crippen molar-refractivity contribution in [3.63, 3.8) is 0 Å². The molecular weight excluding hydrogens is 380 g/mol. The molecule has 2 heteroatoms. The van der Waals surface area contributed by atoms with E-state index in [1.807, 2.05) is 0 Å². The number of hydrogen-bond acceptors (Lipinski definition) is 2. The summed E-state index contributed by atoms with van der Waals surface area (Å²) < 4.78 is 0. The molecule has 0 saturated heterocycles. The van der Waals surface area contributed by atoms with E-state index in [-0.39, 0.29) is 17.4 Å². The van der Waals surface area contributed by atoms with Crippen LogP contribution in [0, 0.1) is 29.1 Å². The highest BCUT2D eigenvalue weighted by atomic mass is 16.3. The van der Waals surface area contributed by atoms with Gasteiger partial charge in [0.2, 0.25) is 0 Å². The number of aliphatic hydroxyl groups excluding tert-OH is 1. The second-order valence-electron chi connectivity index (χ2n) is 12.4. The second kappa shape index (κ2) is 14.2. The standard InChI is InChI=1S/C29H58O2/c1-8-9-10-14-23(2)15-11-12-16-24(3)17-13-18-25(4)19-20-29(31)26(5)21-27(30)22-28(29,6)7/h23-27,30-31H,8-22H2,1-7H3. The van der Waals surface area contributed by atoms with E-state index in [9.17, 15) is 10.2 Å². The first-order valence-corrected chi connectivity index (χ1v) is 13.9. The average Bonchev–Trinajstić information content (AvgIpc) is 2.68. The minimum atomic E-state index is -0.637. The SMILES string of the molecule is CCCCCC(C)CCCCC(C)CCCC(C)CCC1(O)C(C)CC(O)CC1(C)C. The fraction of sp³-hybridized carbons (Fsp3) is 1.00. The quantitative estimate of drug-likeness (QED) is 0.237.